The van der Waals surface area contributed by atoms with Crippen molar-refractivity contribution in [3.63, 3.8) is 0 Å². The monoisotopic (exact) mass is 412 g/mol. The zero-order chi connectivity index (χ0) is 19.6. The molecule has 2 amide bonds. The zero-order valence-corrected chi connectivity index (χ0v) is 15.5. The number of nitrogens with one attached hydrogen (secondary N) is 1. The summed E-state index contributed by atoms with van der Waals surface area (Å²) in [6, 6.07) is -0.801. The van der Waals surface area contributed by atoms with Gasteiger partial charge in [0.1, 0.15) is 23.7 Å². The van der Waals surface area contributed by atoms with Crippen LogP contribution in [0.3, 0.4) is 0 Å². The van der Waals surface area contributed by atoms with Crippen LogP contribution in [0.4, 0.5) is 5.13 Å². The first-order valence-corrected chi connectivity index (χ1v) is 9.65. The maximum Gasteiger partial charge on any atom is 0.333 e. The Labute approximate surface area is 161 Å². The molecule has 2 aliphatic rings. The van der Waals surface area contributed by atoms with Crippen molar-refractivity contribution in [2.45, 2.75) is 11.4 Å². The Balaban J connectivity index is 1.72. The molecule has 13 heteroatoms. The maximum absolute atomic E-state index is 12.6. The lowest BCUT2D eigenvalue weighted by atomic mass is 10.1. The molecule has 0 bridgehead atoms. The van der Waals surface area contributed by atoms with E-state index in [-0.39, 0.29) is 46.4 Å². The third-order valence-electron chi connectivity index (χ3n) is 3.69. The zero-order valence-electron chi connectivity index (χ0n) is 13.8. The summed E-state index contributed by atoms with van der Waals surface area (Å²) in [6.45, 7) is 0.318. The van der Waals surface area contributed by atoms with Crippen LogP contribution >= 0.6 is 23.1 Å². The number of nitrogens with two attached hydrogens (primary N) is 2. The van der Waals surface area contributed by atoms with Crippen molar-refractivity contribution in [3.05, 3.63) is 22.8 Å². The van der Waals surface area contributed by atoms with Crippen molar-refractivity contribution in [1.82, 2.24) is 15.2 Å². The van der Waals surface area contributed by atoms with E-state index in [9.17, 15) is 14.4 Å². The molecule has 2 atom stereocenters. The summed E-state index contributed by atoms with van der Waals surface area (Å²) in [6.07, 6.45) is 1.30. The average molecular weight is 412 g/mol. The molecule has 3 heterocycles. The topological polar surface area (TPSA) is 173 Å². The number of carbonyl (C=O) groups is 3. The van der Waals surface area contributed by atoms with E-state index in [0.717, 1.165) is 11.3 Å². The summed E-state index contributed by atoms with van der Waals surface area (Å²) < 4.78 is 0. The highest BCUT2D eigenvalue weighted by Crippen LogP contribution is 2.36. The lowest BCUT2D eigenvalue weighted by molar-refractivity contribution is -0.144. The van der Waals surface area contributed by atoms with Crippen molar-refractivity contribution in [2.75, 3.05) is 24.6 Å². The fourth-order valence-electron chi connectivity index (χ4n) is 2.40. The molecule has 11 nitrogen and oxygen atoms in total. The highest BCUT2D eigenvalue weighted by atomic mass is 32.2. The quantitative estimate of drug-likeness (QED) is 0.185. The van der Waals surface area contributed by atoms with Gasteiger partial charge in [-0.25, -0.2) is 9.78 Å². The molecule has 1 aromatic rings. The highest BCUT2D eigenvalue weighted by molar-refractivity contribution is 8.00. The van der Waals surface area contributed by atoms with Gasteiger partial charge in [-0.3, -0.25) is 9.59 Å². The summed E-state index contributed by atoms with van der Waals surface area (Å²) in [4.78, 5) is 46.2. The molecule has 1 fully saturated rings. The number of carboxylic acids is 1. The van der Waals surface area contributed by atoms with Gasteiger partial charge >= 0.3 is 5.97 Å². The molecule has 144 valence electrons. The molecule has 0 aliphatic carbocycles. The van der Waals surface area contributed by atoms with Gasteiger partial charge < -0.3 is 31.6 Å². The third-order valence-corrected chi connectivity index (χ3v) is 5.68. The number of fused-ring (bicyclic) bond motifs is 1. The van der Waals surface area contributed by atoms with Crippen molar-refractivity contribution in [2.24, 2.45) is 10.9 Å². The number of aliphatic carboxylic acids is 1. The lowest BCUT2D eigenvalue weighted by Crippen LogP contribution is -2.69. The Bertz CT molecular complexity index is 838. The molecular formula is C14H16N6O5S2. The van der Waals surface area contributed by atoms with Gasteiger partial charge in [-0.1, -0.05) is 5.16 Å². The van der Waals surface area contributed by atoms with Crippen LogP contribution in [-0.2, 0) is 19.2 Å². The SMILES string of the molecule is NCCON=C(C(=O)NC1C(=O)N2C=C(C(=O)O)CS[C@H]12)c1csc(N)n1. The Hall–Kier alpha value is -2.64. The predicted octanol–water partition coefficient (Wildman–Crippen LogP) is -1.23. The molecule has 6 N–H and O–H groups in total. The summed E-state index contributed by atoms with van der Waals surface area (Å²) in [7, 11) is 0. The Morgan fingerprint density at radius 2 is 2.30 bits per heavy atom. The molecule has 2 aliphatic heterocycles. The Morgan fingerprint density at radius 1 is 1.52 bits per heavy atom. The molecule has 3 rings (SSSR count). The molecule has 27 heavy (non-hydrogen) atoms. The number of thioether (sulfide) groups is 1. The van der Waals surface area contributed by atoms with Crippen molar-refractivity contribution < 1.29 is 24.3 Å². The number of aromatic nitrogens is 1. The van der Waals surface area contributed by atoms with Crippen LogP contribution in [0.2, 0.25) is 0 Å². The number of carbonyl (C=O) groups excluding carboxylic acids is 2. The fourth-order valence-corrected chi connectivity index (χ4v) is 4.20. The lowest BCUT2D eigenvalue weighted by Gasteiger charge is -2.46. The van der Waals surface area contributed by atoms with Crippen LogP contribution in [0.5, 0.6) is 0 Å². The van der Waals surface area contributed by atoms with Crippen molar-refractivity contribution >= 4 is 51.7 Å². The minimum atomic E-state index is -1.08. The Kier molecular flexibility index (Phi) is 5.62. The van der Waals surface area contributed by atoms with E-state index >= 15 is 0 Å². The van der Waals surface area contributed by atoms with Gasteiger partial charge in [-0.2, -0.15) is 0 Å². The van der Waals surface area contributed by atoms with Crippen LogP contribution < -0.4 is 16.8 Å². The van der Waals surface area contributed by atoms with E-state index in [1.54, 1.807) is 5.38 Å². The van der Waals surface area contributed by atoms with Gasteiger partial charge in [0.25, 0.3) is 11.8 Å². The molecule has 1 unspecified atom stereocenters. The average Bonchev–Trinajstić information content (AvgIpc) is 3.08. The first-order chi connectivity index (χ1) is 12.9. The van der Waals surface area contributed by atoms with Gasteiger partial charge in [0, 0.05) is 23.9 Å². The first-order valence-electron chi connectivity index (χ1n) is 7.72. The van der Waals surface area contributed by atoms with E-state index in [4.69, 9.17) is 21.4 Å². The molecular weight excluding hydrogens is 396 g/mol. The number of nitrogen functional groups attached to an aromatic ring is 1. The molecule has 1 saturated heterocycles. The number of rotatable bonds is 7. The fraction of sp³-hybridized carbons (Fsp3) is 0.357. The third kappa shape index (κ3) is 3.89. The van der Waals surface area contributed by atoms with Gasteiger partial charge in [0.2, 0.25) is 0 Å². The first kappa shape index (κ1) is 19.1. The minimum absolute atomic E-state index is 0.105. The Morgan fingerprint density at radius 3 is 2.93 bits per heavy atom. The number of carboxylic acid groups (broad SMARTS) is 1. The summed E-state index contributed by atoms with van der Waals surface area (Å²) in [5, 5.41) is 16.8. The molecule has 0 aromatic carbocycles. The smallest absolute Gasteiger partial charge is 0.333 e. The minimum Gasteiger partial charge on any atom is -0.478 e. The number of hydrogen-bond donors (Lipinski definition) is 4. The maximum atomic E-state index is 12.6. The van der Waals surface area contributed by atoms with Gasteiger partial charge in [-0.05, 0) is 0 Å². The molecule has 0 saturated carbocycles. The summed E-state index contributed by atoms with van der Waals surface area (Å²) in [5.74, 6) is -1.89. The molecule has 0 spiro atoms. The van der Waals surface area contributed by atoms with Crippen LogP contribution in [0.15, 0.2) is 22.3 Å². The van der Waals surface area contributed by atoms with Crippen LogP contribution in [0.1, 0.15) is 5.69 Å². The van der Waals surface area contributed by atoms with Gasteiger partial charge in [-0.15, -0.1) is 23.1 Å². The van der Waals surface area contributed by atoms with Gasteiger partial charge in [0.05, 0.1) is 5.57 Å². The van der Waals surface area contributed by atoms with E-state index in [0.29, 0.717) is 0 Å². The number of hydrogen-bond acceptors (Lipinski definition) is 10. The number of amides is 2. The second-order valence-corrected chi connectivity index (χ2v) is 7.49. The van der Waals surface area contributed by atoms with Crippen molar-refractivity contribution in [3.8, 4) is 0 Å². The number of oxime groups is 1. The summed E-state index contributed by atoms with van der Waals surface area (Å²) in [5.41, 5.74) is 11.2. The normalized spacial score (nSPS) is 21.8. The van der Waals surface area contributed by atoms with E-state index in [1.165, 1.54) is 22.9 Å². The van der Waals surface area contributed by atoms with E-state index in [2.05, 4.69) is 15.5 Å². The standard InChI is InChI=1S/C14H16N6O5S2/c15-1-2-25-19-8(7-5-27-14(16)17-7)10(21)18-9-11(22)20-3-6(13(23)24)4-26-12(9)20/h3,5,9,12H,1-2,4,15H2,(H2,16,17)(H,18,21)(H,23,24)/t9?,12-/m1/s1. The van der Waals surface area contributed by atoms with Crippen LogP contribution in [0.25, 0.3) is 0 Å². The molecule has 1 aromatic heterocycles. The number of nitrogens with zero attached hydrogens (tertiary/aromatic N) is 3. The van der Waals surface area contributed by atoms with Crippen LogP contribution in [0, 0.1) is 0 Å². The number of thiazole rings is 1. The van der Waals surface area contributed by atoms with Crippen molar-refractivity contribution in [1.29, 1.82) is 0 Å². The van der Waals surface area contributed by atoms with E-state index < -0.39 is 23.8 Å². The molecule has 0 radical (unpaired) electrons. The van der Waals surface area contributed by atoms with E-state index in [1.807, 2.05) is 0 Å². The second kappa shape index (κ2) is 7.94. The van der Waals surface area contributed by atoms with Crippen LogP contribution in [-0.4, -0.2) is 68.8 Å². The van der Waals surface area contributed by atoms with Gasteiger partial charge in [0.15, 0.2) is 10.8 Å². The second-order valence-electron chi connectivity index (χ2n) is 5.49. The highest BCUT2D eigenvalue weighted by Gasteiger charge is 2.50. The number of β-lactam (4-membered cyclic amide) rings is 1. The summed E-state index contributed by atoms with van der Waals surface area (Å²) >= 11 is 2.39. The largest absolute Gasteiger partial charge is 0.478 e. The predicted molar refractivity (Wildman–Crippen MR) is 98.8 cm³/mol. The number of anilines is 1.